The zero-order valence-electron chi connectivity index (χ0n) is 11.6. The van der Waals surface area contributed by atoms with Gasteiger partial charge < -0.3 is 0 Å². The maximum Gasteiger partial charge on any atom is 0.244 e. The molecule has 2 aromatic carbocycles. The molecule has 1 saturated heterocycles. The Kier molecular flexibility index (Phi) is 3.78. The van der Waals surface area contributed by atoms with Crippen molar-refractivity contribution < 1.29 is 8.42 Å². The molecule has 0 bridgehead atoms. The van der Waals surface area contributed by atoms with E-state index in [-0.39, 0.29) is 12.1 Å². The van der Waals surface area contributed by atoms with Crippen LogP contribution in [0.15, 0.2) is 59.5 Å². The van der Waals surface area contributed by atoms with E-state index < -0.39 is 10.0 Å². The van der Waals surface area contributed by atoms with Gasteiger partial charge in [-0.1, -0.05) is 48.0 Å². The van der Waals surface area contributed by atoms with Crippen LogP contribution in [0.4, 0.5) is 0 Å². The molecule has 0 saturated carbocycles. The lowest BCUT2D eigenvalue weighted by Crippen LogP contribution is -2.15. The van der Waals surface area contributed by atoms with Crippen LogP contribution in [-0.2, 0) is 10.0 Å². The van der Waals surface area contributed by atoms with Gasteiger partial charge >= 0.3 is 0 Å². The monoisotopic (exact) mass is 321 g/mol. The summed E-state index contributed by atoms with van der Waals surface area (Å²) >= 11 is 5.95. The van der Waals surface area contributed by atoms with Crippen molar-refractivity contribution in [1.29, 1.82) is 0 Å². The second kappa shape index (κ2) is 5.44. The van der Waals surface area contributed by atoms with Gasteiger partial charge in [-0.2, -0.15) is 4.31 Å². The van der Waals surface area contributed by atoms with Crippen LogP contribution in [-0.4, -0.2) is 24.6 Å². The van der Waals surface area contributed by atoms with Crippen LogP contribution in [0, 0.1) is 6.92 Å². The molecule has 0 aromatic heterocycles. The lowest BCUT2D eigenvalue weighted by molar-refractivity contribution is 0.548. The molecule has 21 heavy (non-hydrogen) atoms. The molecule has 0 aliphatic carbocycles. The van der Waals surface area contributed by atoms with Crippen molar-refractivity contribution in [3.8, 4) is 0 Å². The second-order valence-electron chi connectivity index (χ2n) is 5.23. The Morgan fingerprint density at radius 1 is 1.05 bits per heavy atom. The lowest BCUT2D eigenvalue weighted by Gasteiger charge is -2.07. The van der Waals surface area contributed by atoms with Crippen LogP contribution in [0.1, 0.15) is 17.2 Å². The summed E-state index contributed by atoms with van der Waals surface area (Å²) in [6.07, 6.45) is 0. The quantitative estimate of drug-likeness (QED) is 0.639. The molecule has 1 unspecified atom stereocenters. The maximum absolute atomic E-state index is 12.7. The Hall–Kier alpha value is -1.36. The highest BCUT2D eigenvalue weighted by molar-refractivity contribution is 7.89. The highest BCUT2D eigenvalue weighted by atomic mass is 35.5. The molecule has 110 valence electrons. The molecule has 0 radical (unpaired) electrons. The van der Waals surface area contributed by atoms with Gasteiger partial charge in [0.1, 0.15) is 0 Å². The summed E-state index contributed by atoms with van der Waals surface area (Å²) in [5.41, 5.74) is 2.02. The first-order valence-corrected chi connectivity index (χ1v) is 8.74. The molecule has 5 heteroatoms. The third-order valence-corrected chi connectivity index (χ3v) is 6.01. The maximum atomic E-state index is 12.7. The largest absolute Gasteiger partial charge is 0.244 e. The minimum absolute atomic E-state index is 0.157. The fraction of sp³-hybridized carbons (Fsp3) is 0.250. The first-order chi connectivity index (χ1) is 10.1. The van der Waals surface area contributed by atoms with Crippen molar-refractivity contribution >= 4 is 21.6 Å². The van der Waals surface area contributed by atoms with Gasteiger partial charge in [0.25, 0.3) is 0 Å². The number of nitrogens with zero attached hydrogens (tertiary/aromatic N) is 1. The van der Waals surface area contributed by atoms with E-state index in [4.69, 9.17) is 11.6 Å². The fourth-order valence-electron chi connectivity index (χ4n) is 2.59. The molecule has 1 aliphatic rings. The van der Waals surface area contributed by atoms with E-state index in [0.29, 0.717) is 10.8 Å². The number of alkyl halides is 1. The van der Waals surface area contributed by atoms with Gasteiger partial charge in [-0.05, 0) is 24.6 Å². The molecular formula is C16H16ClNO2S. The van der Waals surface area contributed by atoms with E-state index in [2.05, 4.69) is 0 Å². The molecule has 0 spiro atoms. The van der Waals surface area contributed by atoms with E-state index in [1.807, 2.05) is 49.4 Å². The highest BCUT2D eigenvalue weighted by Crippen LogP contribution is 2.47. The van der Waals surface area contributed by atoms with Crippen LogP contribution in [0.5, 0.6) is 0 Å². The Morgan fingerprint density at radius 2 is 1.67 bits per heavy atom. The topological polar surface area (TPSA) is 37.1 Å². The Morgan fingerprint density at radius 3 is 2.24 bits per heavy atom. The summed E-state index contributed by atoms with van der Waals surface area (Å²) in [5, 5.41) is 0. The second-order valence-corrected chi connectivity index (χ2v) is 7.38. The molecule has 3 nitrogen and oxygen atoms in total. The van der Waals surface area contributed by atoms with Gasteiger partial charge in [-0.3, -0.25) is 0 Å². The summed E-state index contributed by atoms with van der Waals surface area (Å²) in [7, 11) is -3.49. The number of hydrogen-bond acceptors (Lipinski definition) is 2. The summed E-state index contributed by atoms with van der Waals surface area (Å²) in [6.45, 7) is 1.93. The Balaban J connectivity index is 1.94. The summed E-state index contributed by atoms with van der Waals surface area (Å²) in [5.74, 6) is 0.296. The summed E-state index contributed by atoms with van der Waals surface area (Å²) in [4.78, 5) is 0.321. The average Bonchev–Trinajstić information content (AvgIpc) is 3.24. The van der Waals surface area contributed by atoms with Crippen molar-refractivity contribution in [2.24, 2.45) is 0 Å². The smallest absolute Gasteiger partial charge is 0.207 e. The zero-order valence-corrected chi connectivity index (χ0v) is 13.2. The van der Waals surface area contributed by atoms with Gasteiger partial charge in [-0.15, -0.1) is 11.6 Å². The Bertz CT molecular complexity index is 729. The molecule has 0 N–H and O–H groups in total. The molecular weight excluding hydrogens is 306 g/mol. The fourth-order valence-corrected chi connectivity index (χ4v) is 4.76. The van der Waals surface area contributed by atoms with E-state index in [1.54, 1.807) is 12.1 Å². The van der Waals surface area contributed by atoms with Gasteiger partial charge in [0.05, 0.1) is 17.0 Å². The lowest BCUT2D eigenvalue weighted by atomic mass is 10.1. The van der Waals surface area contributed by atoms with Crippen LogP contribution in [0.2, 0.25) is 0 Å². The van der Waals surface area contributed by atoms with Gasteiger partial charge in [0.15, 0.2) is 0 Å². The van der Waals surface area contributed by atoms with Crippen molar-refractivity contribution in [3.05, 3.63) is 65.7 Å². The number of hydrogen-bond donors (Lipinski definition) is 0. The predicted octanol–water partition coefficient (Wildman–Crippen LogP) is 3.35. The molecule has 3 atom stereocenters. The molecule has 0 amide bonds. The van der Waals surface area contributed by atoms with Crippen molar-refractivity contribution in [2.45, 2.75) is 23.9 Å². The molecule has 3 rings (SSSR count). The standard InChI is InChI=1S/C16H16ClNO2S/c1-12-7-9-14(10-8-12)21(19,20)18-15(11-17)16(18)13-5-3-2-4-6-13/h2-10,15-16H,11H2,1H3/t15-,16-,18?/m1/s1. The number of halogens is 1. The minimum atomic E-state index is -3.49. The third-order valence-electron chi connectivity index (χ3n) is 3.77. The number of aryl methyl sites for hydroxylation is 1. The third kappa shape index (κ3) is 2.59. The van der Waals surface area contributed by atoms with Crippen molar-refractivity contribution in [3.63, 3.8) is 0 Å². The van der Waals surface area contributed by atoms with Crippen molar-refractivity contribution in [1.82, 2.24) is 4.31 Å². The van der Waals surface area contributed by atoms with Crippen molar-refractivity contribution in [2.75, 3.05) is 5.88 Å². The van der Waals surface area contributed by atoms with Gasteiger partial charge in [-0.25, -0.2) is 8.42 Å². The summed E-state index contributed by atoms with van der Waals surface area (Å²) < 4.78 is 27.0. The molecule has 1 fully saturated rings. The molecule has 1 heterocycles. The first kappa shape index (κ1) is 14.6. The first-order valence-electron chi connectivity index (χ1n) is 6.77. The van der Waals surface area contributed by atoms with E-state index >= 15 is 0 Å². The average molecular weight is 322 g/mol. The van der Waals surface area contributed by atoms with Gasteiger partial charge in [0, 0.05) is 5.88 Å². The minimum Gasteiger partial charge on any atom is -0.207 e. The van der Waals surface area contributed by atoms with E-state index in [9.17, 15) is 8.42 Å². The van der Waals surface area contributed by atoms with Crippen LogP contribution >= 0.6 is 11.6 Å². The summed E-state index contributed by atoms with van der Waals surface area (Å²) in [6, 6.07) is 16.2. The number of rotatable bonds is 4. The van der Waals surface area contributed by atoms with E-state index in [1.165, 1.54) is 4.31 Å². The highest BCUT2D eigenvalue weighted by Gasteiger charge is 2.55. The number of benzene rings is 2. The van der Waals surface area contributed by atoms with Gasteiger partial charge in [0.2, 0.25) is 10.0 Å². The zero-order chi connectivity index (χ0) is 15.0. The van der Waals surface area contributed by atoms with Crippen LogP contribution < -0.4 is 0 Å². The Labute approximate surface area is 130 Å². The van der Waals surface area contributed by atoms with Crippen LogP contribution in [0.25, 0.3) is 0 Å². The van der Waals surface area contributed by atoms with Crippen LogP contribution in [0.3, 0.4) is 0 Å². The normalized spacial score (nSPS) is 24.8. The molecule has 2 aromatic rings. The predicted molar refractivity (Wildman–Crippen MR) is 83.9 cm³/mol. The number of sulfonamides is 1. The molecule has 1 aliphatic heterocycles. The SMILES string of the molecule is Cc1ccc(S(=O)(=O)N2[C@H](CCl)[C@H]2c2ccccc2)cc1. The van der Waals surface area contributed by atoms with E-state index in [0.717, 1.165) is 11.1 Å².